The van der Waals surface area contributed by atoms with E-state index >= 15 is 0 Å². The average molecular weight is 1250 g/mol. The Kier molecular flexibility index (Phi) is 22.7. The van der Waals surface area contributed by atoms with E-state index in [1.807, 2.05) is 0 Å². The van der Waals surface area contributed by atoms with Gasteiger partial charge in [0.15, 0.2) is 11.6 Å². The molecule has 0 saturated carbocycles. The zero-order valence-electron chi connectivity index (χ0n) is 49.5. The number of hydrogen-bond acceptors (Lipinski definition) is 14. The molecule has 20 nitrogen and oxygen atoms in total. The number of amides is 4. The van der Waals surface area contributed by atoms with Crippen molar-refractivity contribution in [2.75, 3.05) is 40.3 Å². The predicted molar refractivity (Wildman–Crippen MR) is 326 cm³/mol. The van der Waals surface area contributed by atoms with Gasteiger partial charge in [-0.25, -0.2) is 35.1 Å². The third-order valence-corrected chi connectivity index (χ3v) is 19.0. The first-order chi connectivity index (χ1) is 42.2. The van der Waals surface area contributed by atoms with Crippen LogP contribution in [0, 0.1) is 11.6 Å². The summed E-state index contributed by atoms with van der Waals surface area (Å²) in [5.41, 5.74) is 3.72. The Morgan fingerprint density at radius 2 is 0.875 bits per heavy atom. The normalized spacial score (nSPS) is 16.6. The van der Waals surface area contributed by atoms with Gasteiger partial charge in [0.05, 0.1) is 34.0 Å². The molecule has 4 heterocycles. The zero-order valence-corrected chi connectivity index (χ0v) is 51.1. The van der Waals surface area contributed by atoms with Gasteiger partial charge < -0.3 is 31.1 Å². The van der Waals surface area contributed by atoms with Gasteiger partial charge in [0, 0.05) is 73.2 Å². The van der Waals surface area contributed by atoms with Gasteiger partial charge in [0.25, 0.3) is 0 Å². The number of carbonyl (C=O) groups excluding carboxylic acids is 6. The van der Waals surface area contributed by atoms with Crippen molar-refractivity contribution in [2.24, 2.45) is 0 Å². The van der Waals surface area contributed by atoms with Gasteiger partial charge in [-0.3, -0.25) is 38.7 Å². The lowest BCUT2D eigenvalue weighted by molar-refractivity contribution is -0.138. The van der Waals surface area contributed by atoms with Crippen LogP contribution in [0.2, 0.25) is 0 Å². The van der Waals surface area contributed by atoms with E-state index in [0.717, 1.165) is 0 Å². The first kappa shape index (κ1) is 66.0. The number of rotatable bonds is 29. The van der Waals surface area contributed by atoms with Gasteiger partial charge in [-0.1, -0.05) is 24.3 Å². The minimum Gasteiger partial charge on any atom is -0.343 e. The summed E-state index contributed by atoms with van der Waals surface area (Å²) < 4.78 is 86.2. The molecule has 4 aromatic carbocycles. The Labute approximate surface area is 512 Å². The summed E-state index contributed by atoms with van der Waals surface area (Å²) in [6.07, 6.45) is 10.5. The fourth-order valence-corrected chi connectivity index (χ4v) is 12.9. The highest BCUT2D eigenvalue weighted by atomic mass is 32.2. The number of sulfonamides is 2. The Hall–Kier alpha value is -8.00. The first-order valence-electron chi connectivity index (χ1n) is 29.4. The highest BCUT2D eigenvalue weighted by Gasteiger charge is 2.37. The Balaban J connectivity index is 0.812. The molecule has 6 atom stereocenters. The standard InChI is InChI=1S/C64H74F2N10O10S2/c1-41(67-3)61(79)73-55(63(81)75-33-9-13-57(75)47-35-49(39-69-37-47)59(77)45-15-23-51(65)24-16-45)11-5-7-31-71-87(83,84)53-27-19-43(20-28-53)44-21-29-54(30-22-44)88(85,86)72-32-8-6-12-56(74-62(80)42(2)68-4)64(82)76-34-10-14-58(76)48-36-50(40-70-38-48)60(78)46-17-25-52(66)26-18-46/h15-30,35-42,55-58,67-68,71-72H,5-14,31-34H2,1-4H3,(H,73,79)(H,74,80)/t41-,42-,55-,56-,57-,58-/m0/s1. The van der Waals surface area contributed by atoms with E-state index in [2.05, 4.69) is 40.7 Å². The molecular weight excluding hydrogens is 1170 g/mol. The largest absolute Gasteiger partial charge is 0.343 e. The van der Waals surface area contributed by atoms with Crippen molar-refractivity contribution in [1.29, 1.82) is 0 Å². The highest BCUT2D eigenvalue weighted by molar-refractivity contribution is 7.89. The number of nitrogens with one attached hydrogen (secondary N) is 6. The number of likely N-dealkylation sites (tertiary alicyclic amines) is 2. The molecule has 0 bridgehead atoms. The molecule has 0 unspecified atom stereocenters. The van der Waals surface area contributed by atoms with E-state index in [-0.39, 0.29) is 82.0 Å². The van der Waals surface area contributed by atoms with E-state index < -0.39 is 67.9 Å². The molecule has 6 aromatic rings. The second kappa shape index (κ2) is 30.3. The lowest BCUT2D eigenvalue weighted by atomic mass is 9.99. The topological polar surface area (TPSA) is 275 Å². The lowest BCUT2D eigenvalue weighted by Crippen LogP contribution is -2.52. The van der Waals surface area contributed by atoms with Crippen molar-refractivity contribution in [1.82, 2.24) is 50.5 Å². The van der Waals surface area contributed by atoms with Crippen molar-refractivity contribution in [3.63, 3.8) is 0 Å². The maximum atomic E-state index is 14.3. The molecule has 4 amide bonds. The molecule has 466 valence electrons. The Morgan fingerprint density at radius 1 is 0.511 bits per heavy atom. The number of nitrogens with zero attached hydrogens (tertiary/aromatic N) is 4. The van der Waals surface area contributed by atoms with Crippen molar-refractivity contribution in [3.8, 4) is 11.1 Å². The number of likely N-dealkylation sites (N-methyl/N-ethyl adjacent to an activating group) is 2. The zero-order chi connectivity index (χ0) is 63.1. The van der Waals surface area contributed by atoms with Crippen molar-refractivity contribution < 1.29 is 54.4 Å². The summed E-state index contributed by atoms with van der Waals surface area (Å²) in [4.78, 5) is 93.3. The van der Waals surface area contributed by atoms with E-state index in [9.17, 15) is 54.4 Å². The van der Waals surface area contributed by atoms with E-state index in [1.54, 1.807) is 86.5 Å². The lowest BCUT2D eigenvalue weighted by Gasteiger charge is -2.30. The monoisotopic (exact) mass is 1240 g/mol. The number of pyridine rings is 2. The molecule has 24 heteroatoms. The minimum absolute atomic E-state index is 0.00253. The Bertz CT molecular complexity index is 3440. The summed E-state index contributed by atoms with van der Waals surface area (Å²) in [7, 11) is -4.69. The summed E-state index contributed by atoms with van der Waals surface area (Å²) in [5.74, 6) is -3.02. The number of aromatic nitrogens is 2. The molecule has 2 saturated heterocycles. The van der Waals surface area contributed by atoms with Gasteiger partial charge in [0.2, 0.25) is 43.7 Å². The van der Waals surface area contributed by atoms with Crippen LogP contribution in [0.3, 0.4) is 0 Å². The molecular formula is C64H74F2N10O10S2. The highest BCUT2D eigenvalue weighted by Crippen LogP contribution is 2.35. The van der Waals surface area contributed by atoms with E-state index in [1.165, 1.54) is 85.2 Å². The van der Waals surface area contributed by atoms with Gasteiger partial charge in [-0.15, -0.1) is 0 Å². The van der Waals surface area contributed by atoms with Crippen LogP contribution in [0.15, 0.2) is 144 Å². The summed E-state index contributed by atoms with van der Waals surface area (Å²) >= 11 is 0. The fraction of sp³-hybridized carbons (Fsp3) is 0.375. The van der Waals surface area contributed by atoms with Crippen molar-refractivity contribution in [3.05, 3.63) is 179 Å². The number of ketones is 2. The molecule has 0 spiro atoms. The van der Waals surface area contributed by atoms with Crippen molar-refractivity contribution >= 4 is 55.2 Å². The molecule has 6 N–H and O–H groups in total. The van der Waals surface area contributed by atoms with Crippen LogP contribution >= 0.6 is 0 Å². The smallest absolute Gasteiger partial charge is 0.245 e. The van der Waals surface area contributed by atoms with Gasteiger partial charge >= 0.3 is 0 Å². The summed E-state index contributed by atoms with van der Waals surface area (Å²) in [6, 6.07) is 22.1. The Morgan fingerprint density at radius 3 is 1.23 bits per heavy atom. The van der Waals surface area contributed by atoms with Crippen LogP contribution in [0.1, 0.15) is 133 Å². The SMILES string of the molecule is CN[C@@H](C)C(=O)N[C@@H](CCCCNS(=O)(=O)c1ccc(-c2ccc(S(=O)(=O)NCCCC[C@H](NC(=O)[C@H](C)NC)C(=O)N3CCC[C@H]3c3cncc(C(=O)c4ccc(F)cc4)c3)cc2)cc1)C(=O)N1CCC[C@H]1c1cncc(C(=O)c2ccc(F)cc2)c1. The molecule has 2 aliphatic rings. The van der Waals surface area contributed by atoms with Crippen LogP contribution in [0.5, 0.6) is 0 Å². The maximum absolute atomic E-state index is 14.3. The first-order valence-corrected chi connectivity index (χ1v) is 32.4. The van der Waals surface area contributed by atoms with Gasteiger partial charge in [-0.05, 0) is 199 Å². The molecule has 0 radical (unpaired) electrons. The van der Waals surface area contributed by atoms with Crippen molar-refractivity contribution in [2.45, 2.75) is 124 Å². The molecule has 88 heavy (non-hydrogen) atoms. The minimum atomic E-state index is -3.97. The van der Waals surface area contributed by atoms with Crippen LogP contribution in [-0.4, -0.2) is 136 Å². The predicted octanol–water partition coefficient (Wildman–Crippen LogP) is 6.69. The number of hydrogen-bond donors (Lipinski definition) is 6. The van der Waals surface area contributed by atoms with Crippen LogP contribution < -0.4 is 30.7 Å². The number of halogens is 2. The van der Waals surface area contributed by atoms with E-state index in [0.29, 0.717) is 97.8 Å². The van der Waals surface area contributed by atoms with Crippen LogP contribution in [0.4, 0.5) is 8.78 Å². The second-order valence-electron chi connectivity index (χ2n) is 22.0. The number of carbonyl (C=O) groups is 6. The summed E-state index contributed by atoms with van der Waals surface area (Å²) in [6.45, 7) is 4.23. The number of benzene rings is 4. The average Bonchev–Trinajstić information content (AvgIpc) is 4.11. The van der Waals surface area contributed by atoms with Crippen LogP contribution in [0.25, 0.3) is 11.1 Å². The molecule has 2 aromatic heterocycles. The molecule has 0 aliphatic carbocycles. The van der Waals surface area contributed by atoms with Crippen LogP contribution in [-0.2, 0) is 39.2 Å². The third kappa shape index (κ3) is 16.8. The van der Waals surface area contributed by atoms with Gasteiger partial charge in [-0.2, -0.15) is 0 Å². The number of unbranched alkanes of at least 4 members (excludes halogenated alkanes) is 2. The van der Waals surface area contributed by atoms with Gasteiger partial charge in [0.1, 0.15) is 23.7 Å². The maximum Gasteiger partial charge on any atom is 0.245 e. The molecule has 2 fully saturated rings. The third-order valence-electron chi connectivity index (χ3n) is 16.1. The molecule has 2 aliphatic heterocycles. The summed E-state index contributed by atoms with van der Waals surface area (Å²) in [5, 5.41) is 11.5. The fourth-order valence-electron chi connectivity index (χ4n) is 10.8. The quantitative estimate of drug-likeness (QED) is 0.0211. The second-order valence-corrected chi connectivity index (χ2v) is 25.6. The molecule has 8 rings (SSSR count). The van der Waals surface area contributed by atoms with E-state index in [4.69, 9.17) is 0 Å².